The van der Waals surface area contributed by atoms with Crippen LogP contribution in [-0.2, 0) is 0 Å². The van der Waals surface area contributed by atoms with Crippen LogP contribution in [0.5, 0.6) is 0 Å². The van der Waals surface area contributed by atoms with Crippen LogP contribution in [-0.4, -0.2) is 48.6 Å². The Morgan fingerprint density at radius 1 is 1.58 bits per heavy atom. The third-order valence-corrected chi connectivity index (χ3v) is 6.53. The molecule has 0 amide bonds. The van der Waals surface area contributed by atoms with E-state index >= 15 is 0 Å². The van der Waals surface area contributed by atoms with Crippen molar-refractivity contribution in [2.24, 2.45) is 11.7 Å². The lowest BCUT2D eigenvalue weighted by Gasteiger charge is -2.50. The van der Waals surface area contributed by atoms with Gasteiger partial charge in [0.1, 0.15) is 0 Å². The molecule has 4 unspecified atom stereocenters. The quantitative estimate of drug-likeness (QED) is 0.917. The molecule has 2 aliphatic rings. The van der Waals surface area contributed by atoms with Crippen molar-refractivity contribution in [3.63, 3.8) is 0 Å². The summed E-state index contributed by atoms with van der Waals surface area (Å²) in [5.74, 6) is 0.749. The van der Waals surface area contributed by atoms with E-state index in [1.54, 1.807) is 0 Å². The summed E-state index contributed by atoms with van der Waals surface area (Å²) in [6.45, 7) is 6.85. The minimum atomic E-state index is 0.205. The maximum atomic E-state index is 6.26. The summed E-state index contributed by atoms with van der Waals surface area (Å²) in [7, 11) is 2.28. The molecule has 19 heavy (non-hydrogen) atoms. The first-order valence-corrected chi connectivity index (χ1v) is 8.24. The average Bonchev–Trinajstić information content (AvgIpc) is 3.09. The first-order chi connectivity index (χ1) is 9.17. The van der Waals surface area contributed by atoms with Crippen LogP contribution in [0.3, 0.4) is 0 Å². The molecule has 2 saturated heterocycles. The van der Waals surface area contributed by atoms with E-state index in [1.807, 2.05) is 11.3 Å². The molecule has 4 atom stereocenters. The van der Waals surface area contributed by atoms with Crippen LogP contribution >= 0.6 is 11.3 Å². The highest BCUT2D eigenvalue weighted by Gasteiger charge is 2.48. The number of rotatable bonds is 4. The van der Waals surface area contributed by atoms with E-state index < -0.39 is 0 Å². The van der Waals surface area contributed by atoms with E-state index in [1.165, 1.54) is 37.4 Å². The summed E-state index contributed by atoms with van der Waals surface area (Å²) in [4.78, 5) is 6.63. The van der Waals surface area contributed by atoms with Crippen molar-refractivity contribution in [2.45, 2.75) is 31.3 Å². The molecule has 0 aliphatic carbocycles. The zero-order valence-corrected chi connectivity index (χ0v) is 12.8. The molecule has 4 heteroatoms. The standard InChI is InChI=1S/C15H25N3S/c1-12(14-4-3-9-19-14)17(2)15(11-16)6-8-18-7-5-13(15)10-18/h3-4,9,12-13H,5-8,10-11,16H2,1-2H3. The molecule has 2 N–H and O–H groups in total. The molecule has 3 nitrogen and oxygen atoms in total. The van der Waals surface area contributed by atoms with Gasteiger partial charge >= 0.3 is 0 Å². The van der Waals surface area contributed by atoms with Gasteiger partial charge in [-0.1, -0.05) is 6.07 Å². The zero-order valence-electron chi connectivity index (χ0n) is 12.0. The SMILES string of the molecule is CC(c1cccs1)N(C)C1(CN)CCN2CCC1C2. The van der Waals surface area contributed by atoms with Gasteiger partial charge in [0.05, 0.1) is 0 Å². The molecule has 2 aliphatic heterocycles. The predicted molar refractivity (Wildman–Crippen MR) is 81.4 cm³/mol. The van der Waals surface area contributed by atoms with Crippen molar-refractivity contribution in [3.05, 3.63) is 22.4 Å². The van der Waals surface area contributed by atoms with E-state index in [4.69, 9.17) is 5.73 Å². The molecule has 106 valence electrons. The molecule has 0 spiro atoms. The second-order valence-electron chi connectivity index (χ2n) is 6.15. The highest BCUT2D eigenvalue weighted by molar-refractivity contribution is 7.10. The van der Waals surface area contributed by atoms with Gasteiger partial charge < -0.3 is 10.6 Å². The Bertz CT molecular complexity index is 419. The zero-order chi connectivity index (χ0) is 13.5. The Labute approximate surface area is 120 Å². The summed E-state index contributed by atoms with van der Waals surface area (Å²) >= 11 is 1.86. The second kappa shape index (κ2) is 5.17. The number of hydrogen-bond donors (Lipinski definition) is 1. The molecule has 2 fully saturated rings. The van der Waals surface area contributed by atoms with Gasteiger partial charge in [-0.15, -0.1) is 11.3 Å². The van der Waals surface area contributed by atoms with Crippen LogP contribution < -0.4 is 5.73 Å². The minimum Gasteiger partial charge on any atom is -0.329 e. The second-order valence-corrected chi connectivity index (χ2v) is 7.13. The van der Waals surface area contributed by atoms with Crippen molar-refractivity contribution in [1.82, 2.24) is 9.80 Å². The number of piperidine rings is 1. The fourth-order valence-corrected chi connectivity index (χ4v) is 4.84. The Morgan fingerprint density at radius 2 is 2.42 bits per heavy atom. The van der Waals surface area contributed by atoms with Crippen molar-refractivity contribution in [1.29, 1.82) is 0 Å². The van der Waals surface area contributed by atoms with Gasteiger partial charge in [0.2, 0.25) is 0 Å². The summed E-state index contributed by atoms with van der Waals surface area (Å²) < 4.78 is 0. The van der Waals surface area contributed by atoms with Crippen molar-refractivity contribution < 1.29 is 0 Å². The van der Waals surface area contributed by atoms with Crippen LogP contribution in [0.1, 0.15) is 30.7 Å². The summed E-state index contributed by atoms with van der Waals surface area (Å²) in [6.07, 6.45) is 2.54. The van der Waals surface area contributed by atoms with Gasteiger partial charge in [-0.25, -0.2) is 0 Å². The highest BCUT2D eigenvalue weighted by Crippen LogP contribution is 2.42. The van der Waals surface area contributed by atoms with E-state index in [-0.39, 0.29) is 5.54 Å². The van der Waals surface area contributed by atoms with Crippen molar-refractivity contribution in [3.8, 4) is 0 Å². The van der Waals surface area contributed by atoms with E-state index in [2.05, 4.69) is 41.3 Å². The van der Waals surface area contributed by atoms with Crippen LogP contribution in [0.25, 0.3) is 0 Å². The number of thiophene rings is 1. The molecular formula is C15H25N3S. The van der Waals surface area contributed by atoms with Gasteiger partial charge in [-0.2, -0.15) is 0 Å². The lowest BCUT2D eigenvalue weighted by Crippen LogP contribution is -2.61. The Kier molecular flexibility index (Phi) is 3.69. The molecule has 2 bridgehead atoms. The molecular weight excluding hydrogens is 254 g/mol. The third kappa shape index (κ3) is 2.15. The molecule has 3 rings (SSSR count). The summed E-state index contributed by atoms with van der Waals surface area (Å²) in [5.41, 5.74) is 6.46. The van der Waals surface area contributed by atoms with Crippen LogP contribution in [0.2, 0.25) is 0 Å². The number of nitrogens with two attached hydrogens (primary N) is 1. The minimum absolute atomic E-state index is 0.205. The van der Waals surface area contributed by atoms with E-state index in [9.17, 15) is 0 Å². The van der Waals surface area contributed by atoms with Crippen LogP contribution in [0.15, 0.2) is 17.5 Å². The maximum absolute atomic E-state index is 6.26. The number of fused-ring (bicyclic) bond motifs is 2. The Balaban J connectivity index is 1.85. The maximum Gasteiger partial charge on any atom is 0.0416 e. The lowest BCUT2D eigenvalue weighted by atomic mass is 9.76. The fraction of sp³-hybridized carbons (Fsp3) is 0.733. The number of likely N-dealkylation sites (N-methyl/N-ethyl adjacent to an activating group) is 1. The van der Waals surface area contributed by atoms with Gasteiger partial charge in [-0.3, -0.25) is 4.90 Å². The average molecular weight is 279 g/mol. The first-order valence-electron chi connectivity index (χ1n) is 7.36. The van der Waals surface area contributed by atoms with Crippen molar-refractivity contribution >= 4 is 11.3 Å². The lowest BCUT2D eigenvalue weighted by molar-refractivity contribution is 0.00234. The van der Waals surface area contributed by atoms with E-state index in [0.717, 1.165) is 12.5 Å². The molecule has 3 heterocycles. The third-order valence-electron chi connectivity index (χ3n) is 5.49. The molecule has 0 saturated carbocycles. The van der Waals surface area contributed by atoms with Gasteiger partial charge in [0.15, 0.2) is 0 Å². The summed E-state index contributed by atoms with van der Waals surface area (Å²) in [6, 6.07) is 4.87. The fourth-order valence-electron chi connectivity index (χ4n) is 4.01. The van der Waals surface area contributed by atoms with Gasteiger partial charge in [-0.05, 0) is 57.3 Å². The van der Waals surface area contributed by atoms with Gasteiger partial charge in [0.25, 0.3) is 0 Å². The van der Waals surface area contributed by atoms with Crippen LogP contribution in [0, 0.1) is 5.92 Å². The molecule has 1 aromatic heterocycles. The number of hydrogen-bond acceptors (Lipinski definition) is 4. The molecule has 0 radical (unpaired) electrons. The topological polar surface area (TPSA) is 32.5 Å². The summed E-state index contributed by atoms with van der Waals surface area (Å²) in [5, 5.41) is 2.17. The normalized spacial score (nSPS) is 35.8. The van der Waals surface area contributed by atoms with Gasteiger partial charge in [0, 0.05) is 29.5 Å². The predicted octanol–water partition coefficient (Wildman–Crippen LogP) is 2.16. The Hall–Kier alpha value is -0.420. The van der Waals surface area contributed by atoms with E-state index in [0.29, 0.717) is 6.04 Å². The number of nitrogens with zero attached hydrogens (tertiary/aromatic N) is 2. The highest BCUT2D eigenvalue weighted by atomic mass is 32.1. The Morgan fingerprint density at radius 3 is 3.11 bits per heavy atom. The first kappa shape index (κ1) is 13.6. The van der Waals surface area contributed by atoms with Crippen molar-refractivity contribution in [2.75, 3.05) is 33.2 Å². The smallest absolute Gasteiger partial charge is 0.0416 e. The van der Waals surface area contributed by atoms with Crippen LogP contribution in [0.4, 0.5) is 0 Å². The monoisotopic (exact) mass is 279 g/mol. The molecule has 0 aromatic carbocycles. The largest absolute Gasteiger partial charge is 0.329 e. The molecule has 1 aromatic rings.